The average Bonchev–Trinajstić information content (AvgIpc) is 2.46. The molecule has 0 saturated carbocycles. The summed E-state index contributed by atoms with van der Waals surface area (Å²) in [6.07, 6.45) is 1.69. The van der Waals surface area contributed by atoms with Crippen molar-refractivity contribution in [2.24, 2.45) is 5.73 Å². The van der Waals surface area contributed by atoms with Crippen LogP contribution in [0.2, 0.25) is 0 Å². The highest BCUT2D eigenvalue weighted by molar-refractivity contribution is 5.84. The van der Waals surface area contributed by atoms with Crippen LogP contribution >= 0.6 is 0 Å². The van der Waals surface area contributed by atoms with Gasteiger partial charge in [0.05, 0.1) is 18.0 Å². The molecule has 0 radical (unpaired) electrons. The van der Waals surface area contributed by atoms with Gasteiger partial charge < -0.3 is 15.8 Å². The van der Waals surface area contributed by atoms with Crippen molar-refractivity contribution < 1.29 is 9.53 Å². The number of pyridine rings is 1. The fraction of sp³-hybridized carbons (Fsp3) is 0.250. The van der Waals surface area contributed by atoms with E-state index in [2.05, 4.69) is 10.3 Å². The standard InChI is InChI=1S/C16H19N3O2/c1-11(2)21-14-9-8-13(10-18-14)19-15(16(17)20)12-6-4-3-5-7-12/h3-11,15,19H,1-2H3,(H2,17,20). The molecule has 21 heavy (non-hydrogen) atoms. The Bertz CT molecular complexity index is 582. The molecular weight excluding hydrogens is 266 g/mol. The van der Waals surface area contributed by atoms with Gasteiger partial charge in [-0.15, -0.1) is 0 Å². The van der Waals surface area contributed by atoms with E-state index in [4.69, 9.17) is 10.5 Å². The Balaban J connectivity index is 2.13. The largest absolute Gasteiger partial charge is 0.475 e. The second kappa shape index (κ2) is 6.74. The molecule has 2 aromatic rings. The number of ether oxygens (including phenoxy) is 1. The lowest BCUT2D eigenvalue weighted by molar-refractivity contribution is -0.118. The third-order valence-corrected chi connectivity index (χ3v) is 2.82. The SMILES string of the molecule is CC(C)Oc1ccc(NC(C(N)=O)c2ccccc2)cn1. The summed E-state index contributed by atoms with van der Waals surface area (Å²) in [6, 6.07) is 12.3. The molecule has 0 saturated heterocycles. The van der Waals surface area contributed by atoms with Crippen LogP contribution in [0.15, 0.2) is 48.7 Å². The topological polar surface area (TPSA) is 77.2 Å². The van der Waals surface area contributed by atoms with Crippen LogP contribution < -0.4 is 15.8 Å². The molecule has 3 N–H and O–H groups in total. The van der Waals surface area contributed by atoms with Gasteiger partial charge in [-0.3, -0.25) is 4.79 Å². The summed E-state index contributed by atoms with van der Waals surface area (Å²) in [7, 11) is 0. The molecule has 0 aliphatic heterocycles. The smallest absolute Gasteiger partial charge is 0.244 e. The number of anilines is 1. The van der Waals surface area contributed by atoms with Crippen LogP contribution in [0, 0.1) is 0 Å². The van der Waals surface area contributed by atoms with Gasteiger partial charge in [0, 0.05) is 6.07 Å². The van der Waals surface area contributed by atoms with Crippen molar-refractivity contribution in [2.45, 2.75) is 26.0 Å². The van der Waals surface area contributed by atoms with Gasteiger partial charge in [-0.2, -0.15) is 0 Å². The minimum absolute atomic E-state index is 0.0685. The highest BCUT2D eigenvalue weighted by atomic mass is 16.5. The number of primary amides is 1. The molecule has 0 aliphatic carbocycles. The Kier molecular flexibility index (Phi) is 4.77. The van der Waals surface area contributed by atoms with Crippen LogP contribution in [0.4, 0.5) is 5.69 Å². The highest BCUT2D eigenvalue weighted by Gasteiger charge is 2.17. The van der Waals surface area contributed by atoms with E-state index < -0.39 is 11.9 Å². The van der Waals surface area contributed by atoms with Crippen molar-refractivity contribution in [3.05, 3.63) is 54.2 Å². The average molecular weight is 285 g/mol. The first-order valence-corrected chi connectivity index (χ1v) is 6.80. The third kappa shape index (κ3) is 4.21. The number of rotatable bonds is 6. The lowest BCUT2D eigenvalue weighted by atomic mass is 10.1. The molecule has 2 rings (SSSR count). The number of hydrogen-bond acceptors (Lipinski definition) is 4. The Hall–Kier alpha value is -2.56. The van der Waals surface area contributed by atoms with Crippen LogP contribution in [0.5, 0.6) is 5.88 Å². The number of nitrogens with two attached hydrogens (primary N) is 1. The minimum Gasteiger partial charge on any atom is -0.475 e. The van der Waals surface area contributed by atoms with Crippen LogP contribution in [0.25, 0.3) is 0 Å². The highest BCUT2D eigenvalue weighted by Crippen LogP contribution is 2.20. The van der Waals surface area contributed by atoms with E-state index in [1.807, 2.05) is 50.2 Å². The lowest BCUT2D eigenvalue weighted by Crippen LogP contribution is -2.27. The fourth-order valence-electron chi connectivity index (χ4n) is 1.91. The maximum Gasteiger partial charge on any atom is 0.244 e. The molecule has 1 aromatic heterocycles. The molecule has 0 spiro atoms. The van der Waals surface area contributed by atoms with Crippen LogP contribution in [-0.4, -0.2) is 17.0 Å². The first-order chi connectivity index (χ1) is 10.1. The molecule has 0 bridgehead atoms. The quantitative estimate of drug-likeness (QED) is 0.855. The summed E-state index contributed by atoms with van der Waals surface area (Å²) in [6.45, 7) is 3.87. The van der Waals surface area contributed by atoms with E-state index in [1.54, 1.807) is 12.3 Å². The van der Waals surface area contributed by atoms with Gasteiger partial charge in [0.2, 0.25) is 11.8 Å². The molecule has 110 valence electrons. The number of carbonyl (C=O) groups is 1. The van der Waals surface area contributed by atoms with Crippen LogP contribution in [0.1, 0.15) is 25.5 Å². The van der Waals surface area contributed by atoms with Gasteiger partial charge >= 0.3 is 0 Å². The first-order valence-electron chi connectivity index (χ1n) is 6.80. The molecule has 1 amide bonds. The van der Waals surface area contributed by atoms with Gasteiger partial charge in [-0.05, 0) is 25.5 Å². The van der Waals surface area contributed by atoms with E-state index in [-0.39, 0.29) is 6.10 Å². The third-order valence-electron chi connectivity index (χ3n) is 2.82. The second-order valence-corrected chi connectivity index (χ2v) is 4.94. The van der Waals surface area contributed by atoms with E-state index >= 15 is 0 Å². The van der Waals surface area contributed by atoms with Gasteiger partial charge in [0.1, 0.15) is 6.04 Å². The number of nitrogens with zero attached hydrogens (tertiary/aromatic N) is 1. The summed E-state index contributed by atoms with van der Waals surface area (Å²) in [5.41, 5.74) is 6.99. The van der Waals surface area contributed by atoms with Gasteiger partial charge in [-0.25, -0.2) is 4.98 Å². The van der Waals surface area contributed by atoms with Crippen LogP contribution in [0.3, 0.4) is 0 Å². The summed E-state index contributed by atoms with van der Waals surface area (Å²) in [5.74, 6) is 0.106. The molecule has 1 heterocycles. The minimum atomic E-state index is -0.593. The second-order valence-electron chi connectivity index (χ2n) is 4.94. The summed E-state index contributed by atoms with van der Waals surface area (Å²) in [5, 5.41) is 3.08. The van der Waals surface area contributed by atoms with E-state index in [9.17, 15) is 4.79 Å². The zero-order valence-corrected chi connectivity index (χ0v) is 12.1. The van der Waals surface area contributed by atoms with Crippen molar-refractivity contribution in [1.29, 1.82) is 0 Å². The summed E-state index contributed by atoms with van der Waals surface area (Å²) < 4.78 is 5.48. The van der Waals surface area contributed by atoms with E-state index in [0.29, 0.717) is 11.6 Å². The Morgan fingerprint density at radius 2 is 1.90 bits per heavy atom. The number of hydrogen-bond donors (Lipinski definition) is 2. The Labute approximate surface area is 124 Å². The van der Waals surface area contributed by atoms with Crippen molar-refractivity contribution in [1.82, 2.24) is 4.98 Å². The molecule has 5 heteroatoms. The summed E-state index contributed by atoms with van der Waals surface area (Å²) >= 11 is 0. The number of carbonyl (C=O) groups excluding carboxylic acids is 1. The van der Waals surface area contributed by atoms with Crippen molar-refractivity contribution in [2.75, 3.05) is 5.32 Å². The van der Waals surface area contributed by atoms with Crippen molar-refractivity contribution in [3.8, 4) is 5.88 Å². The van der Waals surface area contributed by atoms with E-state index in [0.717, 1.165) is 5.56 Å². The molecule has 5 nitrogen and oxygen atoms in total. The molecule has 0 fully saturated rings. The monoisotopic (exact) mass is 285 g/mol. The van der Waals surface area contributed by atoms with Gasteiger partial charge in [0.15, 0.2) is 0 Å². The fourth-order valence-corrected chi connectivity index (χ4v) is 1.91. The molecule has 0 aliphatic rings. The van der Waals surface area contributed by atoms with Gasteiger partial charge in [-0.1, -0.05) is 30.3 Å². The maximum absolute atomic E-state index is 11.6. The van der Waals surface area contributed by atoms with Gasteiger partial charge in [0.25, 0.3) is 0 Å². The maximum atomic E-state index is 11.6. The molecular formula is C16H19N3O2. The molecule has 1 atom stereocenters. The number of amides is 1. The summed E-state index contributed by atoms with van der Waals surface area (Å²) in [4.78, 5) is 15.8. The predicted octanol–water partition coefficient (Wildman–Crippen LogP) is 2.51. The molecule has 1 unspecified atom stereocenters. The van der Waals surface area contributed by atoms with Crippen LogP contribution in [-0.2, 0) is 4.79 Å². The Morgan fingerprint density at radius 3 is 2.43 bits per heavy atom. The van der Waals surface area contributed by atoms with Crippen molar-refractivity contribution in [3.63, 3.8) is 0 Å². The Morgan fingerprint density at radius 1 is 1.19 bits per heavy atom. The predicted molar refractivity (Wildman–Crippen MR) is 82.0 cm³/mol. The number of benzene rings is 1. The number of aromatic nitrogens is 1. The zero-order valence-electron chi connectivity index (χ0n) is 12.1. The lowest BCUT2D eigenvalue weighted by Gasteiger charge is -2.17. The first kappa shape index (κ1) is 14.8. The molecule has 1 aromatic carbocycles. The van der Waals surface area contributed by atoms with Crippen molar-refractivity contribution >= 4 is 11.6 Å². The normalized spacial score (nSPS) is 12.0. The number of nitrogens with one attached hydrogen (secondary N) is 1. The zero-order chi connectivity index (χ0) is 15.2. The van der Waals surface area contributed by atoms with E-state index in [1.165, 1.54) is 0 Å².